The van der Waals surface area contributed by atoms with Gasteiger partial charge in [0.2, 0.25) is 5.91 Å². The standard InChI is InChI=1S/C26H39N3O3/c1-28-14-5-8-23(28)26(30)27-22-7-4-15-29-16-17-31-25-9-3-2-6-21(25)19-10-12-20(13-11-19)32-18-24(22)29/h2-3,6,9,19-20,22-24H,4-5,7-8,10-18H2,1H3,(H,27,30)/t19?,20?,22-,23+,24-/m0/s1. The number of hydrogen-bond acceptors (Lipinski definition) is 5. The molecule has 0 aromatic heterocycles. The summed E-state index contributed by atoms with van der Waals surface area (Å²) in [5, 5.41) is 3.43. The van der Waals surface area contributed by atoms with E-state index in [2.05, 4.69) is 46.4 Å². The zero-order chi connectivity index (χ0) is 21.9. The highest BCUT2D eigenvalue weighted by atomic mass is 16.5. The Hall–Kier alpha value is -1.63. The number of rotatable bonds is 2. The van der Waals surface area contributed by atoms with Crippen molar-refractivity contribution in [1.82, 2.24) is 15.1 Å². The van der Waals surface area contributed by atoms with Crippen LogP contribution in [-0.2, 0) is 9.53 Å². The molecule has 1 aromatic rings. The molecule has 2 bridgehead atoms. The van der Waals surface area contributed by atoms with E-state index in [0.29, 0.717) is 25.2 Å². The minimum Gasteiger partial charge on any atom is -0.492 e. The van der Waals surface area contributed by atoms with Crippen molar-refractivity contribution in [3.63, 3.8) is 0 Å². The molecule has 6 nitrogen and oxygen atoms in total. The lowest BCUT2D eigenvalue weighted by molar-refractivity contribution is -0.127. The van der Waals surface area contributed by atoms with E-state index in [9.17, 15) is 4.79 Å². The molecule has 3 fully saturated rings. The molecule has 4 aliphatic heterocycles. The second-order valence-electron chi connectivity index (χ2n) is 10.2. The second kappa shape index (κ2) is 10.1. The number of amides is 1. The summed E-state index contributed by atoms with van der Waals surface area (Å²) in [5.41, 5.74) is 1.37. The van der Waals surface area contributed by atoms with Crippen LogP contribution in [0.3, 0.4) is 0 Å². The van der Waals surface area contributed by atoms with Gasteiger partial charge in [-0.15, -0.1) is 0 Å². The first kappa shape index (κ1) is 22.2. The first-order valence-corrected chi connectivity index (χ1v) is 12.8. The van der Waals surface area contributed by atoms with Gasteiger partial charge in [-0.05, 0) is 89.1 Å². The number of benzene rings is 1. The van der Waals surface area contributed by atoms with Crippen LogP contribution in [-0.4, -0.2) is 79.8 Å². The van der Waals surface area contributed by atoms with E-state index in [1.165, 1.54) is 5.56 Å². The number of carbonyl (C=O) groups is 1. The monoisotopic (exact) mass is 441 g/mol. The average molecular weight is 442 g/mol. The third-order valence-corrected chi connectivity index (χ3v) is 8.22. The van der Waals surface area contributed by atoms with Gasteiger partial charge in [-0.3, -0.25) is 14.6 Å². The Labute approximate surface area is 192 Å². The quantitative estimate of drug-likeness (QED) is 0.764. The van der Waals surface area contributed by atoms with Gasteiger partial charge in [0.15, 0.2) is 0 Å². The van der Waals surface area contributed by atoms with Gasteiger partial charge in [-0.2, -0.15) is 0 Å². The molecule has 6 heteroatoms. The van der Waals surface area contributed by atoms with Gasteiger partial charge in [0, 0.05) is 12.6 Å². The van der Waals surface area contributed by atoms with Crippen molar-refractivity contribution in [2.75, 3.05) is 39.9 Å². The molecular formula is C26H39N3O3. The van der Waals surface area contributed by atoms with Crippen LogP contribution >= 0.6 is 0 Å². The molecule has 1 saturated carbocycles. The normalized spacial score (nSPS) is 34.3. The summed E-state index contributed by atoms with van der Waals surface area (Å²) in [6, 6.07) is 8.99. The van der Waals surface area contributed by atoms with E-state index in [-0.39, 0.29) is 24.0 Å². The number of para-hydroxylation sites is 1. The third kappa shape index (κ3) is 4.82. The summed E-state index contributed by atoms with van der Waals surface area (Å²) in [5.74, 6) is 1.83. The first-order valence-electron chi connectivity index (χ1n) is 12.8. The summed E-state index contributed by atoms with van der Waals surface area (Å²) in [6.45, 7) is 4.31. The molecule has 1 aromatic carbocycles. The summed E-state index contributed by atoms with van der Waals surface area (Å²) < 4.78 is 12.8. The molecule has 4 heterocycles. The molecule has 0 unspecified atom stereocenters. The number of nitrogens with one attached hydrogen (secondary N) is 1. The van der Waals surface area contributed by atoms with E-state index in [1.807, 2.05) is 0 Å². The lowest BCUT2D eigenvalue weighted by Gasteiger charge is -2.42. The summed E-state index contributed by atoms with van der Waals surface area (Å²) in [4.78, 5) is 17.7. The van der Waals surface area contributed by atoms with Gasteiger partial charge >= 0.3 is 0 Å². The van der Waals surface area contributed by atoms with Crippen LogP contribution in [0.2, 0.25) is 0 Å². The topological polar surface area (TPSA) is 54.0 Å². The van der Waals surface area contributed by atoms with Crippen molar-refractivity contribution in [2.45, 2.75) is 81.5 Å². The number of nitrogens with zero attached hydrogens (tertiary/aromatic N) is 2. The van der Waals surface area contributed by atoms with Gasteiger partial charge in [0.1, 0.15) is 12.4 Å². The van der Waals surface area contributed by atoms with Gasteiger partial charge < -0.3 is 14.8 Å². The van der Waals surface area contributed by atoms with Crippen molar-refractivity contribution in [3.05, 3.63) is 29.8 Å². The predicted octanol–water partition coefficient (Wildman–Crippen LogP) is 3.17. The van der Waals surface area contributed by atoms with Crippen LogP contribution in [0.1, 0.15) is 62.8 Å². The molecule has 2 saturated heterocycles. The summed E-state index contributed by atoms with van der Waals surface area (Å²) in [6.07, 6.45) is 9.08. The zero-order valence-electron chi connectivity index (χ0n) is 19.5. The van der Waals surface area contributed by atoms with Gasteiger partial charge in [0.05, 0.1) is 24.8 Å². The lowest BCUT2D eigenvalue weighted by Crippen LogP contribution is -2.60. The smallest absolute Gasteiger partial charge is 0.237 e. The number of hydrogen-bond donors (Lipinski definition) is 1. The SMILES string of the molecule is CN1CCC[C@@H]1C(=O)N[C@H]1CCCN2CCOc3ccccc3C3CCC(CC3)OC[C@@H]12. The Kier molecular flexibility index (Phi) is 7.00. The van der Waals surface area contributed by atoms with Crippen molar-refractivity contribution in [3.8, 4) is 5.75 Å². The number of likely N-dealkylation sites (N-methyl/N-ethyl adjacent to an activating group) is 1. The van der Waals surface area contributed by atoms with Crippen LogP contribution in [0.4, 0.5) is 0 Å². The van der Waals surface area contributed by atoms with E-state index in [4.69, 9.17) is 9.47 Å². The Morgan fingerprint density at radius 1 is 1.00 bits per heavy atom. The minimum atomic E-state index is 0.0242. The molecule has 1 aliphatic carbocycles. The van der Waals surface area contributed by atoms with Crippen molar-refractivity contribution in [2.24, 2.45) is 0 Å². The highest BCUT2D eigenvalue weighted by Gasteiger charge is 2.37. The maximum atomic E-state index is 13.0. The van der Waals surface area contributed by atoms with Crippen molar-refractivity contribution < 1.29 is 14.3 Å². The predicted molar refractivity (Wildman–Crippen MR) is 125 cm³/mol. The average Bonchev–Trinajstić information content (AvgIpc) is 3.25. The Morgan fingerprint density at radius 3 is 2.62 bits per heavy atom. The number of likely N-dealkylation sites (tertiary alicyclic amines) is 1. The second-order valence-corrected chi connectivity index (χ2v) is 10.2. The lowest BCUT2D eigenvalue weighted by atomic mass is 9.82. The van der Waals surface area contributed by atoms with E-state index >= 15 is 0 Å². The molecule has 1 amide bonds. The molecule has 176 valence electrons. The Balaban J connectivity index is 1.31. The number of ether oxygens (including phenoxy) is 2. The molecule has 0 spiro atoms. The van der Waals surface area contributed by atoms with E-state index < -0.39 is 0 Å². The van der Waals surface area contributed by atoms with Gasteiger partial charge in [-0.1, -0.05) is 18.2 Å². The largest absolute Gasteiger partial charge is 0.492 e. The molecular weight excluding hydrogens is 402 g/mol. The highest BCUT2D eigenvalue weighted by Crippen LogP contribution is 2.38. The fraction of sp³-hybridized carbons (Fsp3) is 0.731. The van der Waals surface area contributed by atoms with Crippen molar-refractivity contribution in [1.29, 1.82) is 0 Å². The zero-order valence-corrected chi connectivity index (χ0v) is 19.5. The number of carbonyl (C=O) groups excluding carboxylic acids is 1. The molecule has 0 radical (unpaired) electrons. The maximum absolute atomic E-state index is 13.0. The van der Waals surface area contributed by atoms with Gasteiger partial charge in [0.25, 0.3) is 0 Å². The number of piperidine rings is 1. The molecule has 5 aliphatic rings. The van der Waals surface area contributed by atoms with Crippen LogP contribution in [0.25, 0.3) is 0 Å². The van der Waals surface area contributed by atoms with Crippen LogP contribution in [0.5, 0.6) is 5.75 Å². The third-order valence-electron chi connectivity index (χ3n) is 8.22. The summed E-state index contributed by atoms with van der Waals surface area (Å²) in [7, 11) is 2.07. The fourth-order valence-electron chi connectivity index (χ4n) is 6.31. The fourth-order valence-corrected chi connectivity index (χ4v) is 6.31. The number of fused-ring (bicyclic) bond motifs is 5. The Morgan fingerprint density at radius 2 is 1.81 bits per heavy atom. The van der Waals surface area contributed by atoms with E-state index in [1.54, 1.807) is 0 Å². The van der Waals surface area contributed by atoms with Crippen LogP contribution in [0.15, 0.2) is 24.3 Å². The molecule has 3 atom stereocenters. The highest BCUT2D eigenvalue weighted by molar-refractivity contribution is 5.82. The van der Waals surface area contributed by atoms with Crippen LogP contribution < -0.4 is 10.1 Å². The van der Waals surface area contributed by atoms with Crippen molar-refractivity contribution >= 4 is 5.91 Å². The maximum Gasteiger partial charge on any atom is 0.237 e. The molecule has 6 rings (SSSR count). The van der Waals surface area contributed by atoms with Crippen LogP contribution in [0, 0.1) is 0 Å². The first-order chi connectivity index (χ1) is 15.7. The van der Waals surface area contributed by atoms with E-state index in [0.717, 1.165) is 76.8 Å². The molecule has 1 N–H and O–H groups in total. The molecule has 32 heavy (non-hydrogen) atoms. The minimum absolute atomic E-state index is 0.0242. The summed E-state index contributed by atoms with van der Waals surface area (Å²) >= 11 is 0. The Bertz CT molecular complexity index is 779. The van der Waals surface area contributed by atoms with Gasteiger partial charge in [-0.25, -0.2) is 0 Å².